The lowest BCUT2D eigenvalue weighted by molar-refractivity contribution is 0.0740. The quantitative estimate of drug-likeness (QED) is 0.424. The molecule has 0 radical (unpaired) electrons. The molecule has 0 aliphatic heterocycles. The highest BCUT2D eigenvalue weighted by atomic mass is 16.7. The molecule has 0 saturated heterocycles. The van der Waals surface area contributed by atoms with Crippen LogP contribution in [0.2, 0.25) is 0 Å². The summed E-state index contributed by atoms with van der Waals surface area (Å²) >= 11 is 0. The van der Waals surface area contributed by atoms with Crippen LogP contribution in [0.4, 0.5) is 4.79 Å². The van der Waals surface area contributed by atoms with Crippen LogP contribution in [0.15, 0.2) is 30.3 Å². The Morgan fingerprint density at radius 2 is 2.00 bits per heavy atom. The van der Waals surface area contributed by atoms with Crippen LogP contribution in [0, 0.1) is 5.92 Å². The summed E-state index contributed by atoms with van der Waals surface area (Å²) in [5.41, 5.74) is 0. The van der Waals surface area contributed by atoms with Gasteiger partial charge in [-0.1, -0.05) is 25.1 Å². The van der Waals surface area contributed by atoms with Crippen molar-refractivity contribution < 1.29 is 19.0 Å². The minimum Gasteiger partial charge on any atom is -0.434 e. The largest absolute Gasteiger partial charge is 0.513 e. The Kier molecular flexibility index (Phi) is 6.87. The molecule has 0 aliphatic carbocycles. The van der Waals surface area contributed by atoms with Crippen LogP contribution in [-0.4, -0.2) is 26.0 Å². The fourth-order valence-corrected chi connectivity index (χ4v) is 1.34. The van der Waals surface area contributed by atoms with Gasteiger partial charge < -0.3 is 14.2 Å². The molecule has 0 aliphatic rings. The summed E-state index contributed by atoms with van der Waals surface area (Å²) in [5.74, 6) is 0.754. The number of para-hydroxylation sites is 1. The van der Waals surface area contributed by atoms with Crippen LogP contribution in [0.5, 0.6) is 5.75 Å². The summed E-state index contributed by atoms with van der Waals surface area (Å²) in [4.78, 5) is 11.4. The van der Waals surface area contributed by atoms with Gasteiger partial charge in [0, 0.05) is 13.2 Å². The third kappa shape index (κ3) is 6.25. The van der Waals surface area contributed by atoms with Gasteiger partial charge in [0.2, 0.25) is 0 Å². The van der Waals surface area contributed by atoms with Crippen LogP contribution in [0.1, 0.15) is 20.3 Å². The molecule has 1 aromatic carbocycles. The molecule has 100 valence electrons. The summed E-state index contributed by atoms with van der Waals surface area (Å²) in [5, 5.41) is 0. The maximum Gasteiger partial charge on any atom is 0.513 e. The zero-order valence-electron chi connectivity index (χ0n) is 10.9. The van der Waals surface area contributed by atoms with Crippen molar-refractivity contribution >= 4 is 6.16 Å². The van der Waals surface area contributed by atoms with Gasteiger partial charge >= 0.3 is 6.16 Å². The van der Waals surface area contributed by atoms with Gasteiger partial charge in [-0.15, -0.1) is 0 Å². The minimum absolute atomic E-state index is 0.264. The van der Waals surface area contributed by atoms with Gasteiger partial charge in [0.05, 0.1) is 6.61 Å². The molecule has 1 aromatic rings. The first-order valence-corrected chi connectivity index (χ1v) is 6.19. The lowest BCUT2D eigenvalue weighted by Gasteiger charge is -2.11. The summed E-state index contributed by atoms with van der Waals surface area (Å²) in [6, 6.07) is 8.87. The van der Waals surface area contributed by atoms with E-state index in [4.69, 9.17) is 14.2 Å². The third-order valence-corrected chi connectivity index (χ3v) is 2.39. The Bertz CT molecular complexity index is 337. The molecule has 0 aromatic heterocycles. The first-order chi connectivity index (χ1) is 8.72. The highest BCUT2D eigenvalue weighted by Gasteiger charge is 2.09. The Morgan fingerprint density at radius 3 is 2.67 bits per heavy atom. The number of carbonyl (C=O) groups excluding carboxylic acids is 1. The Labute approximate surface area is 108 Å². The van der Waals surface area contributed by atoms with Crippen LogP contribution in [-0.2, 0) is 9.47 Å². The molecule has 0 heterocycles. The number of hydrogen-bond donors (Lipinski definition) is 0. The van der Waals surface area contributed by atoms with Crippen molar-refractivity contribution in [1.29, 1.82) is 0 Å². The van der Waals surface area contributed by atoms with E-state index in [1.807, 2.05) is 19.9 Å². The van der Waals surface area contributed by atoms with Gasteiger partial charge in [-0.05, 0) is 31.4 Å². The van der Waals surface area contributed by atoms with Crippen molar-refractivity contribution in [3.05, 3.63) is 30.3 Å². The molecule has 1 atom stereocenters. The SMILES string of the molecule is CCOCCC(C)COC(=O)Oc1ccccc1. The van der Waals surface area contributed by atoms with Crippen LogP contribution < -0.4 is 4.74 Å². The normalized spacial score (nSPS) is 11.9. The second-order valence-corrected chi connectivity index (χ2v) is 4.07. The maximum absolute atomic E-state index is 11.4. The van der Waals surface area contributed by atoms with Crippen LogP contribution in [0.25, 0.3) is 0 Å². The van der Waals surface area contributed by atoms with E-state index in [0.717, 1.165) is 6.42 Å². The summed E-state index contributed by atoms with van der Waals surface area (Å²) in [6.45, 7) is 5.71. The second-order valence-electron chi connectivity index (χ2n) is 4.07. The van der Waals surface area contributed by atoms with E-state index in [9.17, 15) is 4.79 Å². The number of ether oxygens (including phenoxy) is 3. The van der Waals surface area contributed by atoms with Crippen LogP contribution in [0.3, 0.4) is 0 Å². The average Bonchev–Trinajstić information content (AvgIpc) is 2.38. The summed E-state index contributed by atoms with van der Waals surface area (Å²) in [7, 11) is 0. The number of benzene rings is 1. The molecular weight excluding hydrogens is 232 g/mol. The molecule has 0 spiro atoms. The number of carbonyl (C=O) groups is 1. The van der Waals surface area contributed by atoms with E-state index in [1.165, 1.54) is 0 Å². The molecule has 0 amide bonds. The lowest BCUT2D eigenvalue weighted by Crippen LogP contribution is -2.16. The standard InChI is InChI=1S/C14H20O4/c1-3-16-10-9-12(2)11-17-14(15)18-13-7-5-4-6-8-13/h4-8,12H,3,9-11H2,1-2H3. The molecule has 1 unspecified atom stereocenters. The van der Waals surface area contributed by atoms with Gasteiger partial charge in [0.1, 0.15) is 5.75 Å². The minimum atomic E-state index is -0.663. The molecule has 0 saturated carbocycles. The van der Waals surface area contributed by atoms with E-state index < -0.39 is 6.16 Å². The molecule has 0 bridgehead atoms. The van der Waals surface area contributed by atoms with E-state index in [-0.39, 0.29) is 5.92 Å². The fraction of sp³-hybridized carbons (Fsp3) is 0.500. The summed E-state index contributed by atoms with van der Waals surface area (Å²) < 4.78 is 15.3. The Hall–Kier alpha value is -1.55. The van der Waals surface area contributed by atoms with E-state index in [1.54, 1.807) is 24.3 Å². The molecule has 18 heavy (non-hydrogen) atoms. The Balaban J connectivity index is 2.17. The first-order valence-electron chi connectivity index (χ1n) is 6.19. The monoisotopic (exact) mass is 252 g/mol. The van der Waals surface area contributed by atoms with Gasteiger partial charge in [0.25, 0.3) is 0 Å². The van der Waals surface area contributed by atoms with Crippen molar-refractivity contribution in [2.75, 3.05) is 19.8 Å². The predicted octanol–water partition coefficient (Wildman–Crippen LogP) is 3.26. The van der Waals surface area contributed by atoms with Crippen molar-refractivity contribution in [3.8, 4) is 5.75 Å². The maximum atomic E-state index is 11.4. The molecule has 0 N–H and O–H groups in total. The average molecular weight is 252 g/mol. The topological polar surface area (TPSA) is 44.8 Å². The van der Waals surface area contributed by atoms with Crippen molar-refractivity contribution in [3.63, 3.8) is 0 Å². The Morgan fingerprint density at radius 1 is 1.28 bits per heavy atom. The lowest BCUT2D eigenvalue weighted by atomic mass is 10.1. The van der Waals surface area contributed by atoms with E-state index >= 15 is 0 Å². The third-order valence-electron chi connectivity index (χ3n) is 2.39. The van der Waals surface area contributed by atoms with Crippen molar-refractivity contribution in [1.82, 2.24) is 0 Å². The zero-order valence-corrected chi connectivity index (χ0v) is 10.9. The predicted molar refractivity (Wildman–Crippen MR) is 68.7 cm³/mol. The van der Waals surface area contributed by atoms with Gasteiger partial charge in [-0.25, -0.2) is 4.79 Å². The van der Waals surface area contributed by atoms with Gasteiger partial charge in [-0.2, -0.15) is 0 Å². The van der Waals surface area contributed by atoms with Gasteiger partial charge in [0.15, 0.2) is 0 Å². The van der Waals surface area contributed by atoms with Crippen molar-refractivity contribution in [2.24, 2.45) is 5.92 Å². The first kappa shape index (κ1) is 14.5. The number of rotatable bonds is 7. The molecule has 0 fully saturated rings. The fourth-order valence-electron chi connectivity index (χ4n) is 1.34. The molecule has 4 heteroatoms. The highest BCUT2D eigenvalue weighted by Crippen LogP contribution is 2.10. The van der Waals surface area contributed by atoms with Gasteiger partial charge in [-0.3, -0.25) is 0 Å². The number of hydrogen-bond acceptors (Lipinski definition) is 4. The van der Waals surface area contributed by atoms with Crippen molar-refractivity contribution in [2.45, 2.75) is 20.3 Å². The molecule has 4 nitrogen and oxygen atoms in total. The molecular formula is C14H20O4. The summed E-state index contributed by atoms with van der Waals surface area (Å²) in [6.07, 6.45) is 0.205. The zero-order chi connectivity index (χ0) is 13.2. The molecule has 1 rings (SSSR count). The smallest absolute Gasteiger partial charge is 0.434 e. The van der Waals surface area contributed by atoms with E-state index in [0.29, 0.717) is 25.6 Å². The highest BCUT2D eigenvalue weighted by molar-refractivity contribution is 5.63. The second kappa shape index (κ2) is 8.53. The van der Waals surface area contributed by atoms with Crippen LogP contribution >= 0.6 is 0 Å². The van der Waals surface area contributed by atoms with E-state index in [2.05, 4.69) is 0 Å².